The predicted octanol–water partition coefficient (Wildman–Crippen LogP) is 1.55. The summed E-state index contributed by atoms with van der Waals surface area (Å²) in [6.07, 6.45) is 0. The Morgan fingerprint density at radius 1 is 1.28 bits per heavy atom. The third kappa shape index (κ3) is 4.29. The fraction of sp³-hybridized carbons (Fsp3) is 0.364. The van der Waals surface area contributed by atoms with Gasteiger partial charge in [-0.3, -0.25) is 4.79 Å². The Labute approximate surface area is 112 Å². The Morgan fingerprint density at radius 2 is 1.83 bits per heavy atom. The largest absolute Gasteiger partial charge is 0.325 e. The van der Waals surface area contributed by atoms with Crippen LogP contribution in [-0.4, -0.2) is 26.2 Å². The lowest BCUT2D eigenvalue weighted by Crippen LogP contribution is -2.30. The summed E-state index contributed by atoms with van der Waals surface area (Å²) in [5.41, 5.74) is 0.504. The third-order valence-corrected chi connectivity index (χ3v) is 3.88. The van der Waals surface area contributed by atoms with Crippen LogP contribution in [-0.2, 0) is 14.8 Å². The number of anilines is 1. The van der Waals surface area contributed by atoms with Crippen LogP contribution < -0.4 is 10.0 Å². The Morgan fingerprint density at radius 3 is 2.28 bits per heavy atom. The summed E-state index contributed by atoms with van der Waals surface area (Å²) < 4.78 is 26.1. The standard InChI is InChI=1S/C11H15ClN2O3S/c1-8(2)14-18(16,17)10-5-3-9(4-6-10)13-11(15)7-12/h3-6,8,14H,7H2,1-2H3,(H,13,15). The Hall–Kier alpha value is -1.11. The maximum Gasteiger partial charge on any atom is 0.240 e. The van der Waals surface area contributed by atoms with Crippen LogP contribution in [0, 0.1) is 0 Å². The summed E-state index contributed by atoms with van der Waals surface area (Å²) in [5, 5.41) is 2.52. The molecule has 0 saturated carbocycles. The summed E-state index contributed by atoms with van der Waals surface area (Å²) in [4.78, 5) is 11.2. The predicted molar refractivity (Wildman–Crippen MR) is 71.2 cm³/mol. The number of hydrogen-bond donors (Lipinski definition) is 2. The van der Waals surface area contributed by atoms with Gasteiger partial charge in [-0.15, -0.1) is 11.6 Å². The molecule has 0 heterocycles. The molecule has 5 nitrogen and oxygen atoms in total. The minimum absolute atomic E-state index is 0.144. The van der Waals surface area contributed by atoms with E-state index in [1.54, 1.807) is 13.8 Å². The van der Waals surface area contributed by atoms with Crippen molar-refractivity contribution in [3.8, 4) is 0 Å². The summed E-state index contributed by atoms with van der Waals surface area (Å²) >= 11 is 5.35. The zero-order valence-electron chi connectivity index (χ0n) is 10.1. The van der Waals surface area contributed by atoms with Gasteiger partial charge in [-0.05, 0) is 38.1 Å². The van der Waals surface area contributed by atoms with Gasteiger partial charge in [0.15, 0.2) is 0 Å². The highest BCUT2D eigenvalue weighted by Crippen LogP contribution is 2.14. The summed E-state index contributed by atoms with van der Waals surface area (Å²) in [6.45, 7) is 3.49. The second-order valence-electron chi connectivity index (χ2n) is 3.98. The first-order valence-corrected chi connectivity index (χ1v) is 7.35. The van der Waals surface area contributed by atoms with Crippen molar-refractivity contribution < 1.29 is 13.2 Å². The highest BCUT2D eigenvalue weighted by molar-refractivity contribution is 7.89. The van der Waals surface area contributed by atoms with Crippen LogP contribution in [0.5, 0.6) is 0 Å². The maximum atomic E-state index is 11.8. The van der Waals surface area contributed by atoms with E-state index in [4.69, 9.17) is 11.6 Å². The van der Waals surface area contributed by atoms with Crippen LogP contribution in [0.2, 0.25) is 0 Å². The molecule has 0 aliphatic carbocycles. The van der Waals surface area contributed by atoms with Crippen LogP contribution in [0.1, 0.15) is 13.8 Å². The molecule has 2 N–H and O–H groups in total. The number of amides is 1. The Balaban J connectivity index is 2.86. The van der Waals surface area contributed by atoms with Crippen LogP contribution in [0.15, 0.2) is 29.2 Å². The molecule has 0 unspecified atom stereocenters. The number of alkyl halides is 1. The molecular weight excluding hydrogens is 276 g/mol. The molecule has 0 aromatic heterocycles. The maximum absolute atomic E-state index is 11.8. The topological polar surface area (TPSA) is 75.3 Å². The molecule has 0 atom stereocenters. The van der Waals surface area contributed by atoms with E-state index < -0.39 is 10.0 Å². The number of nitrogens with one attached hydrogen (secondary N) is 2. The molecule has 100 valence electrons. The fourth-order valence-corrected chi connectivity index (χ4v) is 2.61. The van der Waals surface area contributed by atoms with Crippen molar-refractivity contribution in [2.24, 2.45) is 0 Å². The van der Waals surface area contributed by atoms with E-state index in [1.807, 2.05) is 0 Å². The van der Waals surface area contributed by atoms with E-state index in [1.165, 1.54) is 24.3 Å². The molecule has 1 amide bonds. The van der Waals surface area contributed by atoms with E-state index in [0.717, 1.165) is 0 Å². The highest BCUT2D eigenvalue weighted by Gasteiger charge is 2.14. The van der Waals surface area contributed by atoms with Crippen molar-refractivity contribution in [2.45, 2.75) is 24.8 Å². The average Bonchev–Trinajstić information content (AvgIpc) is 2.28. The van der Waals surface area contributed by atoms with Crippen LogP contribution >= 0.6 is 11.6 Å². The number of carbonyl (C=O) groups excluding carboxylic acids is 1. The van der Waals surface area contributed by atoms with Crippen molar-refractivity contribution in [1.29, 1.82) is 0 Å². The zero-order valence-corrected chi connectivity index (χ0v) is 11.7. The van der Waals surface area contributed by atoms with Crippen molar-refractivity contribution in [2.75, 3.05) is 11.2 Å². The molecule has 1 rings (SSSR count). The van der Waals surface area contributed by atoms with Crippen LogP contribution in [0.4, 0.5) is 5.69 Å². The highest BCUT2D eigenvalue weighted by atomic mass is 35.5. The number of halogens is 1. The fourth-order valence-electron chi connectivity index (χ4n) is 1.29. The molecule has 0 aliphatic heterocycles. The van der Waals surface area contributed by atoms with Gasteiger partial charge in [-0.25, -0.2) is 13.1 Å². The zero-order chi connectivity index (χ0) is 13.8. The van der Waals surface area contributed by atoms with Gasteiger partial charge in [0.1, 0.15) is 5.88 Å². The number of sulfonamides is 1. The van der Waals surface area contributed by atoms with Crippen molar-refractivity contribution in [3.05, 3.63) is 24.3 Å². The van der Waals surface area contributed by atoms with Crippen LogP contribution in [0.3, 0.4) is 0 Å². The lowest BCUT2D eigenvalue weighted by Gasteiger charge is -2.10. The van der Waals surface area contributed by atoms with Crippen molar-refractivity contribution >= 4 is 33.2 Å². The Bertz CT molecular complexity index is 512. The molecule has 0 aliphatic rings. The van der Waals surface area contributed by atoms with Gasteiger partial charge in [0.25, 0.3) is 0 Å². The van der Waals surface area contributed by atoms with E-state index in [0.29, 0.717) is 5.69 Å². The van der Waals surface area contributed by atoms with Crippen molar-refractivity contribution in [3.63, 3.8) is 0 Å². The second-order valence-corrected chi connectivity index (χ2v) is 5.96. The molecule has 1 aromatic rings. The van der Waals surface area contributed by atoms with Gasteiger partial charge < -0.3 is 5.32 Å². The molecule has 0 radical (unpaired) electrons. The van der Waals surface area contributed by atoms with Gasteiger partial charge in [0.2, 0.25) is 15.9 Å². The number of benzene rings is 1. The smallest absolute Gasteiger partial charge is 0.240 e. The van der Waals surface area contributed by atoms with E-state index >= 15 is 0 Å². The molecule has 0 bridgehead atoms. The molecule has 1 aromatic carbocycles. The van der Waals surface area contributed by atoms with E-state index in [9.17, 15) is 13.2 Å². The molecule has 7 heteroatoms. The minimum Gasteiger partial charge on any atom is -0.325 e. The normalized spacial score (nSPS) is 11.6. The van der Waals surface area contributed by atoms with Crippen LogP contribution in [0.25, 0.3) is 0 Å². The van der Waals surface area contributed by atoms with E-state index in [2.05, 4.69) is 10.0 Å². The molecule has 0 spiro atoms. The summed E-state index contributed by atoms with van der Waals surface area (Å²) in [6, 6.07) is 5.70. The molecule has 0 saturated heterocycles. The quantitative estimate of drug-likeness (QED) is 0.808. The van der Waals surface area contributed by atoms with E-state index in [-0.39, 0.29) is 22.7 Å². The minimum atomic E-state index is -3.50. The Kier molecular flexibility index (Phi) is 5.13. The third-order valence-electron chi connectivity index (χ3n) is 1.96. The number of carbonyl (C=O) groups is 1. The number of rotatable bonds is 5. The lowest BCUT2D eigenvalue weighted by atomic mass is 10.3. The molecule has 0 fully saturated rings. The first-order chi connectivity index (χ1) is 8.35. The van der Waals surface area contributed by atoms with Gasteiger partial charge in [0, 0.05) is 11.7 Å². The first kappa shape index (κ1) is 14.9. The SMILES string of the molecule is CC(C)NS(=O)(=O)c1ccc(NC(=O)CCl)cc1. The molecule has 18 heavy (non-hydrogen) atoms. The van der Waals surface area contributed by atoms with Gasteiger partial charge >= 0.3 is 0 Å². The monoisotopic (exact) mass is 290 g/mol. The molecular formula is C11H15ClN2O3S. The van der Waals surface area contributed by atoms with Crippen molar-refractivity contribution in [1.82, 2.24) is 4.72 Å². The second kappa shape index (κ2) is 6.17. The van der Waals surface area contributed by atoms with Gasteiger partial charge in [-0.1, -0.05) is 0 Å². The summed E-state index contributed by atoms with van der Waals surface area (Å²) in [7, 11) is -3.50. The lowest BCUT2D eigenvalue weighted by molar-refractivity contribution is -0.113. The first-order valence-electron chi connectivity index (χ1n) is 5.33. The summed E-state index contributed by atoms with van der Waals surface area (Å²) in [5.74, 6) is -0.484. The number of hydrogen-bond acceptors (Lipinski definition) is 3. The van der Waals surface area contributed by atoms with Gasteiger partial charge in [0.05, 0.1) is 4.90 Å². The average molecular weight is 291 g/mol. The van der Waals surface area contributed by atoms with Gasteiger partial charge in [-0.2, -0.15) is 0 Å².